The molecule has 0 heterocycles. The molecule has 14 heavy (non-hydrogen) atoms. The lowest BCUT2D eigenvalue weighted by molar-refractivity contribution is 0.312. The van der Waals surface area contributed by atoms with Gasteiger partial charge in [-0.3, -0.25) is 0 Å². The molecule has 0 bridgehead atoms. The maximum atomic E-state index is 5.61. The van der Waals surface area contributed by atoms with E-state index < -0.39 is 0 Å². The smallest absolute Gasteiger partial charge is 0.132 e. The highest BCUT2D eigenvalue weighted by atomic mass is 127. The summed E-state index contributed by atoms with van der Waals surface area (Å²) in [5.74, 6) is 0.978. The molecule has 0 aliphatic carbocycles. The molecular formula is C11H16INO. The van der Waals surface area contributed by atoms with Crippen molar-refractivity contribution in [3.8, 4) is 5.75 Å². The number of hydrogen-bond acceptors (Lipinski definition) is 2. The van der Waals surface area contributed by atoms with Crippen LogP contribution < -0.4 is 10.1 Å². The van der Waals surface area contributed by atoms with Crippen molar-refractivity contribution in [1.82, 2.24) is 5.32 Å². The van der Waals surface area contributed by atoms with Gasteiger partial charge in [0.05, 0.1) is 3.57 Å². The van der Waals surface area contributed by atoms with Crippen molar-refractivity contribution >= 4 is 22.6 Å². The molecule has 0 amide bonds. The Hall–Kier alpha value is -0.290. The average molecular weight is 305 g/mol. The lowest BCUT2D eigenvalue weighted by atomic mass is 10.3. The van der Waals surface area contributed by atoms with Gasteiger partial charge in [0, 0.05) is 6.54 Å². The van der Waals surface area contributed by atoms with Crippen LogP contribution in [0.15, 0.2) is 24.3 Å². The number of hydrogen-bond donors (Lipinski definition) is 1. The highest BCUT2D eigenvalue weighted by Crippen LogP contribution is 2.19. The molecule has 0 fully saturated rings. The second-order valence-corrected chi connectivity index (χ2v) is 4.19. The van der Waals surface area contributed by atoms with Crippen molar-refractivity contribution in [2.45, 2.75) is 13.3 Å². The van der Waals surface area contributed by atoms with Crippen LogP contribution in [0.2, 0.25) is 0 Å². The van der Waals surface area contributed by atoms with E-state index in [1.54, 1.807) is 0 Å². The summed E-state index contributed by atoms with van der Waals surface area (Å²) in [6, 6.07) is 8.07. The molecule has 2 nitrogen and oxygen atoms in total. The average Bonchev–Trinajstić information content (AvgIpc) is 2.20. The molecule has 0 saturated carbocycles. The van der Waals surface area contributed by atoms with E-state index >= 15 is 0 Å². The minimum absolute atomic E-state index is 0.736. The Morgan fingerprint density at radius 3 is 2.79 bits per heavy atom. The van der Waals surface area contributed by atoms with Crippen molar-refractivity contribution in [1.29, 1.82) is 0 Å². The van der Waals surface area contributed by atoms with Gasteiger partial charge in [-0.25, -0.2) is 0 Å². The first-order valence-electron chi connectivity index (χ1n) is 4.92. The molecule has 3 heteroatoms. The number of nitrogens with one attached hydrogen (secondary N) is 1. The number of halogens is 1. The Bertz CT molecular complexity index is 265. The van der Waals surface area contributed by atoms with E-state index in [0.717, 1.165) is 25.4 Å². The number of para-hydroxylation sites is 1. The standard InChI is InChI=1S/C11H16INO/c1-2-7-13-8-9-14-11-6-4-3-5-10(11)12/h3-6,13H,2,7-9H2,1H3. The zero-order chi connectivity index (χ0) is 10.2. The van der Waals surface area contributed by atoms with Gasteiger partial charge < -0.3 is 10.1 Å². The third kappa shape index (κ3) is 4.28. The van der Waals surface area contributed by atoms with E-state index in [4.69, 9.17) is 4.74 Å². The van der Waals surface area contributed by atoms with Crippen molar-refractivity contribution in [3.05, 3.63) is 27.8 Å². The summed E-state index contributed by atoms with van der Waals surface area (Å²) >= 11 is 2.28. The van der Waals surface area contributed by atoms with E-state index in [0.29, 0.717) is 0 Å². The summed E-state index contributed by atoms with van der Waals surface area (Å²) in [5, 5.41) is 3.30. The molecular weight excluding hydrogens is 289 g/mol. The minimum atomic E-state index is 0.736. The SMILES string of the molecule is CCCNCCOc1ccccc1I. The zero-order valence-electron chi connectivity index (χ0n) is 8.42. The number of ether oxygens (including phenoxy) is 1. The van der Waals surface area contributed by atoms with E-state index in [9.17, 15) is 0 Å². The van der Waals surface area contributed by atoms with E-state index in [1.165, 1.54) is 9.99 Å². The normalized spacial score (nSPS) is 10.1. The summed E-state index contributed by atoms with van der Waals surface area (Å²) in [6.07, 6.45) is 1.17. The van der Waals surface area contributed by atoms with Crippen molar-refractivity contribution in [3.63, 3.8) is 0 Å². The third-order valence-corrected chi connectivity index (χ3v) is 2.69. The summed E-state index contributed by atoms with van der Waals surface area (Å²) in [4.78, 5) is 0. The first-order chi connectivity index (χ1) is 6.84. The molecule has 1 aromatic carbocycles. The molecule has 0 atom stereocenters. The van der Waals surface area contributed by atoms with E-state index in [1.807, 2.05) is 18.2 Å². The minimum Gasteiger partial charge on any atom is -0.491 e. The molecule has 0 radical (unpaired) electrons. The van der Waals surface area contributed by atoms with Crippen LogP contribution in [0.5, 0.6) is 5.75 Å². The van der Waals surface area contributed by atoms with Gasteiger partial charge in [0.2, 0.25) is 0 Å². The maximum absolute atomic E-state index is 5.61. The molecule has 0 saturated heterocycles. The van der Waals surface area contributed by atoms with Gasteiger partial charge in [0.1, 0.15) is 12.4 Å². The number of benzene rings is 1. The lowest BCUT2D eigenvalue weighted by Gasteiger charge is -2.08. The van der Waals surface area contributed by atoms with Crippen LogP contribution in [0, 0.1) is 3.57 Å². The fourth-order valence-corrected chi connectivity index (χ4v) is 1.64. The number of rotatable bonds is 6. The van der Waals surface area contributed by atoms with Crippen LogP contribution in [-0.2, 0) is 0 Å². The van der Waals surface area contributed by atoms with Crippen LogP contribution in [0.3, 0.4) is 0 Å². The van der Waals surface area contributed by atoms with Crippen molar-refractivity contribution in [2.24, 2.45) is 0 Å². The first-order valence-corrected chi connectivity index (χ1v) is 6.00. The quantitative estimate of drug-likeness (QED) is 0.644. The summed E-state index contributed by atoms with van der Waals surface area (Å²) in [6.45, 7) is 4.88. The highest BCUT2D eigenvalue weighted by Gasteiger charge is 1.97. The Balaban J connectivity index is 2.21. The first kappa shape index (κ1) is 11.8. The molecule has 0 spiro atoms. The van der Waals surface area contributed by atoms with Crippen molar-refractivity contribution in [2.75, 3.05) is 19.7 Å². The van der Waals surface area contributed by atoms with Gasteiger partial charge in [-0.05, 0) is 47.7 Å². The summed E-state index contributed by atoms with van der Waals surface area (Å²) in [5.41, 5.74) is 0. The molecule has 1 rings (SSSR count). The highest BCUT2D eigenvalue weighted by molar-refractivity contribution is 14.1. The largest absolute Gasteiger partial charge is 0.491 e. The molecule has 1 N–H and O–H groups in total. The fourth-order valence-electron chi connectivity index (χ4n) is 1.10. The van der Waals surface area contributed by atoms with Gasteiger partial charge >= 0.3 is 0 Å². The topological polar surface area (TPSA) is 21.3 Å². The van der Waals surface area contributed by atoms with Crippen LogP contribution >= 0.6 is 22.6 Å². The van der Waals surface area contributed by atoms with Gasteiger partial charge in [0.15, 0.2) is 0 Å². The van der Waals surface area contributed by atoms with Gasteiger partial charge in [0.25, 0.3) is 0 Å². The predicted octanol–water partition coefficient (Wildman–Crippen LogP) is 2.67. The van der Waals surface area contributed by atoms with Gasteiger partial charge in [-0.15, -0.1) is 0 Å². The molecule has 0 unspecified atom stereocenters. The molecule has 0 aliphatic rings. The summed E-state index contributed by atoms with van der Waals surface area (Å²) in [7, 11) is 0. The molecule has 0 aromatic heterocycles. The molecule has 1 aromatic rings. The second-order valence-electron chi connectivity index (χ2n) is 3.03. The van der Waals surface area contributed by atoms with Crippen molar-refractivity contribution < 1.29 is 4.74 Å². The molecule has 0 aliphatic heterocycles. The maximum Gasteiger partial charge on any atom is 0.132 e. The van der Waals surface area contributed by atoms with E-state index in [2.05, 4.69) is 40.9 Å². The van der Waals surface area contributed by atoms with Gasteiger partial charge in [-0.2, -0.15) is 0 Å². The Morgan fingerprint density at radius 1 is 1.29 bits per heavy atom. The van der Waals surface area contributed by atoms with Crippen LogP contribution in [0.4, 0.5) is 0 Å². The third-order valence-electron chi connectivity index (χ3n) is 1.80. The summed E-state index contributed by atoms with van der Waals surface area (Å²) < 4.78 is 6.78. The molecule has 78 valence electrons. The van der Waals surface area contributed by atoms with Crippen LogP contribution in [0.1, 0.15) is 13.3 Å². The monoisotopic (exact) mass is 305 g/mol. The lowest BCUT2D eigenvalue weighted by Crippen LogP contribution is -2.21. The Morgan fingerprint density at radius 2 is 2.07 bits per heavy atom. The van der Waals surface area contributed by atoms with Crippen LogP contribution in [0.25, 0.3) is 0 Å². The zero-order valence-corrected chi connectivity index (χ0v) is 10.6. The van der Waals surface area contributed by atoms with Gasteiger partial charge in [-0.1, -0.05) is 19.1 Å². The second kappa shape index (κ2) is 7.06. The Labute approximate surface area is 99.2 Å². The fraction of sp³-hybridized carbons (Fsp3) is 0.455. The Kier molecular flexibility index (Phi) is 5.94. The van der Waals surface area contributed by atoms with Crippen LogP contribution in [-0.4, -0.2) is 19.7 Å². The van der Waals surface area contributed by atoms with E-state index in [-0.39, 0.29) is 0 Å². The predicted molar refractivity (Wildman–Crippen MR) is 67.8 cm³/mol.